The molecule has 2 aromatic rings. The molecule has 2 N–H and O–H groups in total. The van der Waals surface area contributed by atoms with Gasteiger partial charge >= 0.3 is 0 Å². The van der Waals surface area contributed by atoms with Gasteiger partial charge in [-0.3, -0.25) is 0 Å². The summed E-state index contributed by atoms with van der Waals surface area (Å²) < 4.78 is 10.9. The van der Waals surface area contributed by atoms with Crippen LogP contribution in [0.15, 0.2) is 23.7 Å². The van der Waals surface area contributed by atoms with Crippen LogP contribution in [0.1, 0.15) is 23.4 Å². The molecular formula is C15H19ClN2O2S. The van der Waals surface area contributed by atoms with Crippen LogP contribution < -0.4 is 15.2 Å². The van der Waals surface area contributed by atoms with E-state index in [2.05, 4.69) is 4.98 Å². The fourth-order valence-corrected chi connectivity index (χ4v) is 3.26. The molecule has 0 fully saturated rings. The molecule has 0 aliphatic rings. The molecule has 1 aromatic carbocycles. The molecule has 0 bridgehead atoms. The predicted octanol–water partition coefficient (Wildman–Crippen LogP) is 3.49. The largest absolute Gasteiger partial charge is 0.491 e. The zero-order chi connectivity index (χ0) is 15.2. The summed E-state index contributed by atoms with van der Waals surface area (Å²) >= 11 is 7.89. The van der Waals surface area contributed by atoms with E-state index in [0.29, 0.717) is 29.7 Å². The summed E-state index contributed by atoms with van der Waals surface area (Å²) in [5, 5.41) is 3.56. The third-order valence-electron chi connectivity index (χ3n) is 3.14. The van der Waals surface area contributed by atoms with E-state index in [1.807, 2.05) is 24.4 Å². The smallest absolute Gasteiger partial charge is 0.179 e. The Bertz CT molecular complexity index is 575. The van der Waals surface area contributed by atoms with Crippen LogP contribution in [0.5, 0.6) is 11.5 Å². The summed E-state index contributed by atoms with van der Waals surface area (Å²) in [7, 11) is 1.58. The highest BCUT2D eigenvalue weighted by molar-refractivity contribution is 7.09. The lowest BCUT2D eigenvalue weighted by atomic mass is 9.99. The summed E-state index contributed by atoms with van der Waals surface area (Å²) in [6.45, 7) is 3.03. The number of thiazole rings is 1. The standard InChI is InChI=1S/C15H19ClN2O2S/c1-3-20-13-8-10(7-12(16)14(13)19-2)6-11(9-17)15-18-4-5-21-15/h4-5,7-8,11H,3,6,9,17H2,1-2H3. The molecule has 0 aliphatic carbocycles. The van der Waals surface area contributed by atoms with Crippen LogP contribution in [0.25, 0.3) is 0 Å². The Morgan fingerprint density at radius 3 is 2.81 bits per heavy atom. The molecule has 0 amide bonds. The molecule has 0 saturated heterocycles. The molecule has 0 radical (unpaired) electrons. The van der Waals surface area contributed by atoms with E-state index in [4.69, 9.17) is 26.8 Å². The minimum absolute atomic E-state index is 0.184. The van der Waals surface area contributed by atoms with Crippen molar-refractivity contribution in [2.75, 3.05) is 20.3 Å². The number of hydrogen-bond donors (Lipinski definition) is 1. The van der Waals surface area contributed by atoms with Gasteiger partial charge in [0.25, 0.3) is 0 Å². The SMILES string of the molecule is CCOc1cc(CC(CN)c2nccs2)cc(Cl)c1OC. The van der Waals surface area contributed by atoms with Gasteiger partial charge in [0.1, 0.15) is 0 Å². The van der Waals surface area contributed by atoms with Gasteiger partial charge in [0.15, 0.2) is 11.5 Å². The van der Waals surface area contributed by atoms with Crippen LogP contribution >= 0.6 is 22.9 Å². The summed E-state index contributed by atoms with van der Waals surface area (Å²) in [6.07, 6.45) is 2.57. The molecule has 1 unspecified atom stereocenters. The second-order valence-corrected chi connectivity index (χ2v) is 5.88. The maximum Gasteiger partial charge on any atom is 0.179 e. The maximum absolute atomic E-state index is 6.27. The molecule has 0 saturated carbocycles. The maximum atomic E-state index is 6.27. The van der Waals surface area contributed by atoms with Crippen LogP contribution in [-0.2, 0) is 6.42 Å². The van der Waals surface area contributed by atoms with Gasteiger partial charge < -0.3 is 15.2 Å². The van der Waals surface area contributed by atoms with Gasteiger partial charge in [0.2, 0.25) is 0 Å². The Balaban J connectivity index is 2.27. The van der Waals surface area contributed by atoms with Crippen molar-refractivity contribution in [3.8, 4) is 11.5 Å². The van der Waals surface area contributed by atoms with Gasteiger partial charge in [0.05, 0.1) is 23.7 Å². The van der Waals surface area contributed by atoms with Crippen LogP contribution in [0.3, 0.4) is 0 Å². The molecule has 1 heterocycles. The molecule has 6 heteroatoms. The fourth-order valence-electron chi connectivity index (χ4n) is 2.19. The molecule has 4 nitrogen and oxygen atoms in total. The summed E-state index contributed by atoms with van der Waals surface area (Å²) in [5.74, 6) is 1.42. The van der Waals surface area contributed by atoms with Crippen molar-refractivity contribution in [1.29, 1.82) is 0 Å². The van der Waals surface area contributed by atoms with E-state index >= 15 is 0 Å². The molecule has 114 valence electrons. The fraction of sp³-hybridized carbons (Fsp3) is 0.400. The average molecular weight is 327 g/mol. The number of nitrogens with zero attached hydrogens (tertiary/aromatic N) is 1. The van der Waals surface area contributed by atoms with E-state index in [9.17, 15) is 0 Å². The molecule has 21 heavy (non-hydrogen) atoms. The van der Waals surface area contributed by atoms with Crippen molar-refractivity contribution in [3.05, 3.63) is 39.3 Å². The van der Waals surface area contributed by atoms with Crippen LogP contribution in [0.2, 0.25) is 5.02 Å². The second kappa shape index (κ2) is 7.64. The average Bonchev–Trinajstić information content (AvgIpc) is 2.99. The number of methoxy groups -OCH3 is 1. The van der Waals surface area contributed by atoms with Crippen molar-refractivity contribution in [1.82, 2.24) is 4.98 Å². The van der Waals surface area contributed by atoms with Gasteiger partial charge in [-0.25, -0.2) is 4.98 Å². The first-order chi connectivity index (χ1) is 10.2. The Morgan fingerprint density at radius 1 is 1.43 bits per heavy atom. The van der Waals surface area contributed by atoms with Crippen LogP contribution in [0.4, 0.5) is 0 Å². The monoisotopic (exact) mass is 326 g/mol. The number of halogens is 1. The Kier molecular flexibility index (Phi) is 5.85. The zero-order valence-corrected chi connectivity index (χ0v) is 13.7. The van der Waals surface area contributed by atoms with E-state index in [1.165, 1.54) is 0 Å². The van der Waals surface area contributed by atoms with Gasteiger partial charge in [-0.1, -0.05) is 11.6 Å². The van der Waals surface area contributed by atoms with Crippen molar-refractivity contribution in [2.45, 2.75) is 19.3 Å². The minimum atomic E-state index is 0.184. The predicted molar refractivity (Wildman–Crippen MR) is 86.8 cm³/mol. The van der Waals surface area contributed by atoms with E-state index in [-0.39, 0.29) is 5.92 Å². The summed E-state index contributed by atoms with van der Waals surface area (Å²) in [4.78, 5) is 4.35. The van der Waals surface area contributed by atoms with E-state index in [0.717, 1.165) is 17.0 Å². The Morgan fingerprint density at radius 2 is 2.24 bits per heavy atom. The molecule has 2 rings (SSSR count). The number of aromatic nitrogens is 1. The topological polar surface area (TPSA) is 57.4 Å². The van der Waals surface area contributed by atoms with Crippen molar-refractivity contribution in [3.63, 3.8) is 0 Å². The first kappa shape index (κ1) is 16.1. The summed E-state index contributed by atoms with van der Waals surface area (Å²) in [5.41, 5.74) is 6.95. The first-order valence-electron chi connectivity index (χ1n) is 6.78. The third kappa shape index (κ3) is 3.87. The number of ether oxygens (including phenoxy) is 2. The first-order valence-corrected chi connectivity index (χ1v) is 8.04. The normalized spacial score (nSPS) is 12.2. The van der Waals surface area contributed by atoms with E-state index in [1.54, 1.807) is 24.6 Å². The van der Waals surface area contributed by atoms with Crippen molar-refractivity contribution >= 4 is 22.9 Å². The van der Waals surface area contributed by atoms with Gasteiger partial charge in [-0.2, -0.15) is 0 Å². The molecule has 0 aliphatic heterocycles. The number of benzene rings is 1. The number of nitrogens with two attached hydrogens (primary N) is 1. The lowest BCUT2D eigenvalue weighted by Crippen LogP contribution is -2.15. The molecule has 0 spiro atoms. The highest BCUT2D eigenvalue weighted by atomic mass is 35.5. The van der Waals surface area contributed by atoms with Crippen molar-refractivity contribution in [2.24, 2.45) is 5.73 Å². The number of hydrogen-bond acceptors (Lipinski definition) is 5. The molecule has 1 atom stereocenters. The lowest BCUT2D eigenvalue weighted by molar-refractivity contribution is 0.310. The van der Waals surface area contributed by atoms with Gasteiger partial charge in [0, 0.05) is 24.0 Å². The van der Waals surface area contributed by atoms with Crippen molar-refractivity contribution < 1.29 is 9.47 Å². The van der Waals surface area contributed by atoms with Crippen LogP contribution in [-0.4, -0.2) is 25.2 Å². The minimum Gasteiger partial charge on any atom is -0.491 e. The second-order valence-electron chi connectivity index (χ2n) is 4.55. The molecule has 1 aromatic heterocycles. The number of rotatable bonds is 7. The Hall–Kier alpha value is -1.30. The highest BCUT2D eigenvalue weighted by Gasteiger charge is 2.17. The molecular weight excluding hydrogens is 308 g/mol. The van der Waals surface area contributed by atoms with Gasteiger partial charge in [-0.15, -0.1) is 11.3 Å². The quantitative estimate of drug-likeness (QED) is 0.846. The highest BCUT2D eigenvalue weighted by Crippen LogP contribution is 2.37. The summed E-state index contributed by atoms with van der Waals surface area (Å²) in [6, 6.07) is 3.86. The lowest BCUT2D eigenvalue weighted by Gasteiger charge is -2.16. The third-order valence-corrected chi connectivity index (χ3v) is 4.36. The van der Waals surface area contributed by atoms with Crippen LogP contribution in [0, 0.1) is 0 Å². The van der Waals surface area contributed by atoms with E-state index < -0.39 is 0 Å². The van der Waals surface area contributed by atoms with Gasteiger partial charge in [-0.05, 0) is 31.0 Å². The Labute approximate surface area is 133 Å². The zero-order valence-electron chi connectivity index (χ0n) is 12.1.